The van der Waals surface area contributed by atoms with Gasteiger partial charge in [-0.2, -0.15) is 0 Å². The molecular weight excluding hydrogens is 202 g/mol. The first kappa shape index (κ1) is 8.82. The molecule has 14 heavy (non-hydrogen) atoms. The highest BCUT2D eigenvalue weighted by atomic mass is 32.1. The fourth-order valence-electron chi connectivity index (χ4n) is 0.893. The van der Waals surface area contributed by atoms with E-state index in [9.17, 15) is 4.79 Å². The number of anilines is 1. The van der Waals surface area contributed by atoms with Crippen molar-refractivity contribution in [2.45, 2.75) is 6.92 Å². The van der Waals surface area contributed by atoms with Crippen LogP contribution < -0.4 is 5.32 Å². The third-order valence-corrected chi connectivity index (χ3v) is 2.21. The second-order valence-electron chi connectivity index (χ2n) is 2.52. The van der Waals surface area contributed by atoms with Crippen LogP contribution in [0.15, 0.2) is 12.4 Å². The highest BCUT2D eigenvalue weighted by Crippen LogP contribution is 2.13. The Bertz CT molecular complexity index is 435. The average Bonchev–Trinajstić information content (AvgIpc) is 2.75. The van der Waals surface area contributed by atoms with Crippen LogP contribution in [-0.2, 0) is 0 Å². The van der Waals surface area contributed by atoms with Crippen molar-refractivity contribution in [1.29, 1.82) is 0 Å². The molecule has 2 heterocycles. The first-order valence-electron chi connectivity index (χ1n) is 3.86. The Hall–Kier alpha value is -1.76. The Balaban J connectivity index is 2.09. The summed E-state index contributed by atoms with van der Waals surface area (Å²) >= 11 is 1.32. The molecule has 0 aliphatic rings. The lowest BCUT2D eigenvalue weighted by atomic mass is 10.6. The van der Waals surface area contributed by atoms with Gasteiger partial charge in [0.25, 0.3) is 5.91 Å². The molecular formula is C7H7N5OS. The van der Waals surface area contributed by atoms with E-state index in [1.807, 2.05) is 6.92 Å². The predicted octanol–water partition coefficient (Wildman–Crippen LogP) is 0.822. The molecule has 72 valence electrons. The minimum atomic E-state index is -0.314. The zero-order valence-corrected chi connectivity index (χ0v) is 8.13. The Kier molecular flexibility index (Phi) is 2.23. The first-order chi connectivity index (χ1) is 6.75. The first-order valence-corrected chi connectivity index (χ1v) is 4.68. The molecule has 0 atom stereocenters. The summed E-state index contributed by atoms with van der Waals surface area (Å²) in [5.41, 5.74) is 0. The topological polar surface area (TPSA) is 83.6 Å². The molecule has 6 nitrogen and oxygen atoms in total. The summed E-state index contributed by atoms with van der Waals surface area (Å²) in [6.07, 6.45) is 3.10. The van der Waals surface area contributed by atoms with Crippen molar-refractivity contribution < 1.29 is 4.79 Å². The number of hydrogen-bond donors (Lipinski definition) is 2. The SMILES string of the molecule is Cc1nnc(NC(=O)c2ncc[nH]2)s1. The fourth-order valence-corrected chi connectivity index (χ4v) is 1.48. The van der Waals surface area contributed by atoms with Crippen molar-refractivity contribution in [2.24, 2.45) is 0 Å². The molecule has 2 rings (SSSR count). The van der Waals surface area contributed by atoms with Crippen LogP contribution in [-0.4, -0.2) is 26.1 Å². The van der Waals surface area contributed by atoms with E-state index in [0.29, 0.717) is 5.13 Å². The van der Waals surface area contributed by atoms with Gasteiger partial charge < -0.3 is 4.98 Å². The normalized spacial score (nSPS) is 10.1. The number of aromatic amines is 1. The van der Waals surface area contributed by atoms with Gasteiger partial charge in [-0.05, 0) is 6.92 Å². The zero-order chi connectivity index (χ0) is 9.97. The third-order valence-electron chi connectivity index (χ3n) is 1.46. The maximum atomic E-state index is 11.4. The van der Waals surface area contributed by atoms with Gasteiger partial charge in [-0.15, -0.1) is 10.2 Å². The van der Waals surface area contributed by atoms with Crippen molar-refractivity contribution in [3.8, 4) is 0 Å². The molecule has 0 radical (unpaired) electrons. The van der Waals surface area contributed by atoms with Crippen molar-refractivity contribution >= 4 is 22.4 Å². The van der Waals surface area contributed by atoms with Gasteiger partial charge in [-0.1, -0.05) is 11.3 Å². The minimum Gasteiger partial charge on any atom is -0.341 e. The number of amides is 1. The number of carbonyl (C=O) groups is 1. The van der Waals surface area contributed by atoms with Gasteiger partial charge in [0.15, 0.2) is 5.82 Å². The molecule has 0 aromatic carbocycles. The largest absolute Gasteiger partial charge is 0.341 e. The van der Waals surface area contributed by atoms with E-state index in [4.69, 9.17) is 0 Å². The van der Waals surface area contributed by atoms with Crippen LogP contribution in [0.3, 0.4) is 0 Å². The molecule has 2 aromatic heterocycles. The number of H-pyrrole nitrogens is 1. The number of rotatable bonds is 2. The monoisotopic (exact) mass is 209 g/mol. The number of carbonyl (C=O) groups excluding carboxylic acids is 1. The second kappa shape index (κ2) is 3.54. The van der Waals surface area contributed by atoms with Gasteiger partial charge >= 0.3 is 0 Å². The molecule has 0 saturated carbocycles. The predicted molar refractivity (Wildman–Crippen MR) is 51.2 cm³/mol. The smallest absolute Gasteiger partial charge is 0.293 e. The van der Waals surface area contributed by atoms with Gasteiger partial charge in [0.05, 0.1) is 0 Å². The van der Waals surface area contributed by atoms with Crippen LogP contribution in [0.4, 0.5) is 5.13 Å². The summed E-state index contributed by atoms with van der Waals surface area (Å²) in [7, 11) is 0. The minimum absolute atomic E-state index is 0.262. The lowest BCUT2D eigenvalue weighted by Crippen LogP contribution is -2.13. The summed E-state index contributed by atoms with van der Waals surface area (Å²) in [5.74, 6) is -0.0518. The second-order valence-corrected chi connectivity index (χ2v) is 3.70. The van der Waals surface area contributed by atoms with Crippen molar-refractivity contribution in [2.75, 3.05) is 5.32 Å². The van der Waals surface area contributed by atoms with Crippen LogP contribution in [0.5, 0.6) is 0 Å². The standard InChI is InChI=1S/C7H7N5OS/c1-4-11-12-7(14-4)10-6(13)5-8-2-3-9-5/h2-3H,1H3,(H,8,9)(H,10,12,13). The maximum Gasteiger partial charge on any atom is 0.293 e. The van der Waals surface area contributed by atoms with Crippen LogP contribution in [0.2, 0.25) is 0 Å². The number of hydrogen-bond acceptors (Lipinski definition) is 5. The van der Waals surface area contributed by atoms with E-state index >= 15 is 0 Å². The van der Waals surface area contributed by atoms with Crippen molar-refractivity contribution in [1.82, 2.24) is 20.2 Å². The molecule has 0 unspecified atom stereocenters. The highest BCUT2D eigenvalue weighted by molar-refractivity contribution is 7.15. The fraction of sp³-hybridized carbons (Fsp3) is 0.143. The van der Waals surface area contributed by atoms with Crippen LogP contribution in [0, 0.1) is 6.92 Å². The molecule has 0 spiro atoms. The van der Waals surface area contributed by atoms with Gasteiger partial charge in [0.2, 0.25) is 5.13 Å². The number of aromatic nitrogens is 4. The molecule has 1 amide bonds. The zero-order valence-electron chi connectivity index (χ0n) is 7.31. The molecule has 0 fully saturated rings. The molecule has 2 aromatic rings. The Morgan fingerprint density at radius 1 is 1.57 bits per heavy atom. The van der Waals surface area contributed by atoms with E-state index in [2.05, 4.69) is 25.5 Å². The number of aryl methyl sites for hydroxylation is 1. The van der Waals surface area contributed by atoms with Crippen LogP contribution >= 0.6 is 11.3 Å². The van der Waals surface area contributed by atoms with Gasteiger partial charge in [-0.25, -0.2) is 4.98 Å². The Morgan fingerprint density at radius 2 is 2.43 bits per heavy atom. The van der Waals surface area contributed by atoms with E-state index in [1.165, 1.54) is 17.5 Å². The van der Waals surface area contributed by atoms with Crippen molar-refractivity contribution in [3.05, 3.63) is 23.2 Å². The van der Waals surface area contributed by atoms with Gasteiger partial charge in [-0.3, -0.25) is 10.1 Å². The quantitative estimate of drug-likeness (QED) is 0.767. The lowest BCUT2D eigenvalue weighted by molar-refractivity contribution is 0.101. The summed E-state index contributed by atoms with van der Waals surface area (Å²) in [4.78, 5) is 17.9. The van der Waals surface area contributed by atoms with E-state index in [0.717, 1.165) is 5.01 Å². The molecule has 7 heteroatoms. The maximum absolute atomic E-state index is 11.4. The molecule has 0 aliphatic heterocycles. The third kappa shape index (κ3) is 1.77. The Morgan fingerprint density at radius 3 is 3.00 bits per heavy atom. The van der Waals surface area contributed by atoms with Crippen LogP contribution in [0.1, 0.15) is 15.6 Å². The molecule has 2 N–H and O–H groups in total. The number of imidazole rings is 1. The molecule has 0 bridgehead atoms. The number of nitrogens with one attached hydrogen (secondary N) is 2. The average molecular weight is 209 g/mol. The van der Waals surface area contributed by atoms with Crippen molar-refractivity contribution in [3.63, 3.8) is 0 Å². The van der Waals surface area contributed by atoms with E-state index in [-0.39, 0.29) is 11.7 Å². The van der Waals surface area contributed by atoms with Gasteiger partial charge in [0.1, 0.15) is 5.01 Å². The van der Waals surface area contributed by atoms with Crippen LogP contribution in [0.25, 0.3) is 0 Å². The lowest BCUT2D eigenvalue weighted by Gasteiger charge is -1.95. The Labute approximate surface area is 83.4 Å². The summed E-state index contributed by atoms with van der Waals surface area (Å²) in [6, 6.07) is 0. The van der Waals surface area contributed by atoms with E-state index < -0.39 is 0 Å². The number of nitrogens with zero attached hydrogens (tertiary/aromatic N) is 3. The molecule has 0 aliphatic carbocycles. The van der Waals surface area contributed by atoms with Gasteiger partial charge in [0, 0.05) is 12.4 Å². The summed E-state index contributed by atoms with van der Waals surface area (Å²) < 4.78 is 0. The van der Waals surface area contributed by atoms with E-state index in [1.54, 1.807) is 6.20 Å². The summed E-state index contributed by atoms with van der Waals surface area (Å²) in [6.45, 7) is 1.82. The summed E-state index contributed by atoms with van der Waals surface area (Å²) in [5, 5.41) is 11.4. The highest BCUT2D eigenvalue weighted by Gasteiger charge is 2.10. The molecule has 0 saturated heterocycles.